The predicted octanol–water partition coefficient (Wildman–Crippen LogP) is 4.14. The van der Waals surface area contributed by atoms with Gasteiger partial charge < -0.3 is 0 Å². The molecule has 1 aromatic heterocycles. The molecule has 0 aliphatic rings. The second-order valence-corrected chi connectivity index (χ2v) is 4.48. The fourth-order valence-corrected chi connectivity index (χ4v) is 2.16. The number of benzene rings is 1. The van der Waals surface area contributed by atoms with Crippen molar-refractivity contribution in [3.05, 3.63) is 45.7 Å². The van der Waals surface area contributed by atoms with Gasteiger partial charge in [0.2, 0.25) is 0 Å². The SMILES string of the molecule is CCCc1cc(=S)n(-c2ccccc2Cl)[nH]1. The maximum Gasteiger partial charge on any atom is 0.128 e. The third-order valence-electron chi connectivity index (χ3n) is 2.39. The Morgan fingerprint density at radius 3 is 2.81 bits per heavy atom. The first kappa shape index (κ1) is 11.4. The smallest absolute Gasteiger partial charge is 0.128 e. The van der Waals surface area contributed by atoms with Crippen molar-refractivity contribution in [3.8, 4) is 5.69 Å². The fourth-order valence-electron chi connectivity index (χ4n) is 1.65. The Bertz CT molecular complexity index is 542. The summed E-state index contributed by atoms with van der Waals surface area (Å²) in [6.07, 6.45) is 2.10. The van der Waals surface area contributed by atoms with E-state index in [9.17, 15) is 0 Å². The summed E-state index contributed by atoms with van der Waals surface area (Å²) in [7, 11) is 0. The molecule has 0 saturated heterocycles. The summed E-state index contributed by atoms with van der Waals surface area (Å²) in [6, 6.07) is 9.65. The molecule has 16 heavy (non-hydrogen) atoms. The van der Waals surface area contributed by atoms with Crippen molar-refractivity contribution in [1.29, 1.82) is 0 Å². The van der Waals surface area contributed by atoms with Crippen LogP contribution in [0, 0.1) is 4.64 Å². The molecule has 0 aliphatic carbocycles. The third-order valence-corrected chi connectivity index (χ3v) is 3.01. The van der Waals surface area contributed by atoms with Crippen molar-refractivity contribution in [2.75, 3.05) is 0 Å². The number of H-pyrrole nitrogens is 1. The zero-order valence-electron chi connectivity index (χ0n) is 9.03. The topological polar surface area (TPSA) is 20.7 Å². The second kappa shape index (κ2) is 4.85. The molecule has 4 heteroatoms. The van der Waals surface area contributed by atoms with Gasteiger partial charge in [0.05, 0.1) is 10.7 Å². The van der Waals surface area contributed by atoms with E-state index in [1.165, 1.54) is 0 Å². The molecule has 1 heterocycles. The molecule has 84 valence electrons. The average molecular weight is 253 g/mol. The highest BCUT2D eigenvalue weighted by Gasteiger charge is 2.05. The van der Waals surface area contributed by atoms with Gasteiger partial charge in [-0.05, 0) is 24.6 Å². The maximum atomic E-state index is 6.13. The van der Waals surface area contributed by atoms with Crippen LogP contribution < -0.4 is 0 Å². The molecule has 2 rings (SSSR count). The van der Waals surface area contributed by atoms with E-state index in [2.05, 4.69) is 12.0 Å². The van der Waals surface area contributed by atoms with Crippen LogP contribution in [0.15, 0.2) is 30.3 Å². The van der Waals surface area contributed by atoms with Gasteiger partial charge in [-0.25, -0.2) is 4.68 Å². The molecule has 0 amide bonds. The van der Waals surface area contributed by atoms with E-state index >= 15 is 0 Å². The average Bonchev–Trinajstić information content (AvgIpc) is 2.61. The quantitative estimate of drug-likeness (QED) is 0.815. The van der Waals surface area contributed by atoms with Crippen molar-refractivity contribution < 1.29 is 0 Å². The Balaban J connectivity index is 2.48. The number of nitrogens with zero attached hydrogens (tertiary/aromatic N) is 1. The van der Waals surface area contributed by atoms with E-state index in [1.54, 1.807) is 0 Å². The van der Waals surface area contributed by atoms with Crippen molar-refractivity contribution in [2.24, 2.45) is 0 Å². The van der Waals surface area contributed by atoms with E-state index in [4.69, 9.17) is 23.8 Å². The summed E-state index contributed by atoms with van der Waals surface area (Å²) in [5.74, 6) is 0. The summed E-state index contributed by atoms with van der Waals surface area (Å²) in [4.78, 5) is 0. The van der Waals surface area contributed by atoms with E-state index in [1.807, 2.05) is 35.0 Å². The number of rotatable bonds is 3. The van der Waals surface area contributed by atoms with Gasteiger partial charge in [0, 0.05) is 5.69 Å². The second-order valence-electron chi connectivity index (χ2n) is 3.66. The van der Waals surface area contributed by atoms with Gasteiger partial charge in [0.15, 0.2) is 0 Å². The lowest BCUT2D eigenvalue weighted by molar-refractivity contribution is 0.802. The van der Waals surface area contributed by atoms with Crippen molar-refractivity contribution >= 4 is 23.8 Å². The Labute approximate surface area is 105 Å². The van der Waals surface area contributed by atoms with Crippen LogP contribution in [-0.4, -0.2) is 9.78 Å². The monoisotopic (exact) mass is 252 g/mol. The molecule has 0 fully saturated rings. The standard InChI is InChI=1S/C12H13ClN2S/c1-2-5-9-8-12(16)15(14-9)11-7-4-3-6-10(11)13/h3-4,6-8,14H,2,5H2,1H3. The van der Waals surface area contributed by atoms with Gasteiger partial charge in [-0.15, -0.1) is 0 Å². The molecule has 0 bridgehead atoms. The van der Waals surface area contributed by atoms with E-state index in [0.29, 0.717) is 5.02 Å². The molecular formula is C12H13ClN2S. The summed E-state index contributed by atoms with van der Waals surface area (Å²) in [5, 5.41) is 3.97. The molecule has 0 aliphatic heterocycles. The fraction of sp³-hybridized carbons (Fsp3) is 0.250. The van der Waals surface area contributed by atoms with Crippen molar-refractivity contribution in [1.82, 2.24) is 9.78 Å². The highest BCUT2D eigenvalue weighted by Crippen LogP contribution is 2.20. The van der Waals surface area contributed by atoms with Crippen LogP contribution in [0.5, 0.6) is 0 Å². The molecule has 1 aromatic carbocycles. The zero-order valence-corrected chi connectivity index (χ0v) is 10.6. The highest BCUT2D eigenvalue weighted by atomic mass is 35.5. The number of aryl methyl sites for hydroxylation is 1. The first-order valence-electron chi connectivity index (χ1n) is 5.28. The van der Waals surface area contributed by atoms with Crippen molar-refractivity contribution in [3.63, 3.8) is 0 Å². The Hall–Kier alpha value is -1.06. The molecule has 0 saturated carbocycles. The molecular weight excluding hydrogens is 240 g/mol. The minimum absolute atomic E-state index is 0.698. The largest absolute Gasteiger partial charge is 0.297 e. The predicted molar refractivity (Wildman–Crippen MR) is 70.0 cm³/mol. The molecule has 2 nitrogen and oxygen atoms in total. The van der Waals surface area contributed by atoms with Gasteiger partial charge >= 0.3 is 0 Å². The van der Waals surface area contributed by atoms with Crippen LogP contribution >= 0.6 is 23.8 Å². The minimum atomic E-state index is 0.698. The van der Waals surface area contributed by atoms with Gasteiger partial charge in [-0.1, -0.05) is 49.3 Å². The van der Waals surface area contributed by atoms with Crippen LogP contribution in [0.25, 0.3) is 5.69 Å². The lowest BCUT2D eigenvalue weighted by atomic mass is 10.3. The first-order valence-corrected chi connectivity index (χ1v) is 6.07. The van der Waals surface area contributed by atoms with E-state index in [-0.39, 0.29) is 0 Å². The minimum Gasteiger partial charge on any atom is -0.297 e. The Kier molecular flexibility index (Phi) is 3.46. The number of aromatic nitrogens is 2. The number of nitrogens with one attached hydrogen (secondary N) is 1. The van der Waals surface area contributed by atoms with Gasteiger partial charge in [-0.3, -0.25) is 5.10 Å². The highest BCUT2D eigenvalue weighted by molar-refractivity contribution is 7.71. The lowest BCUT2D eigenvalue weighted by Crippen LogP contribution is -1.98. The maximum absolute atomic E-state index is 6.13. The molecule has 1 N–H and O–H groups in total. The third kappa shape index (κ3) is 2.20. The molecule has 0 unspecified atom stereocenters. The van der Waals surface area contributed by atoms with Gasteiger partial charge in [0.25, 0.3) is 0 Å². The van der Waals surface area contributed by atoms with Crippen LogP contribution in [0.2, 0.25) is 5.02 Å². The van der Waals surface area contributed by atoms with E-state index < -0.39 is 0 Å². The van der Waals surface area contributed by atoms with E-state index in [0.717, 1.165) is 28.9 Å². The lowest BCUT2D eigenvalue weighted by Gasteiger charge is -2.04. The molecule has 0 spiro atoms. The normalized spacial score (nSPS) is 10.6. The number of halogens is 1. The summed E-state index contributed by atoms with van der Waals surface area (Å²) < 4.78 is 2.61. The number of hydrogen-bond acceptors (Lipinski definition) is 1. The number of para-hydroxylation sites is 1. The van der Waals surface area contributed by atoms with Gasteiger partial charge in [0.1, 0.15) is 4.64 Å². The molecule has 0 radical (unpaired) electrons. The molecule has 0 atom stereocenters. The Morgan fingerprint density at radius 2 is 2.12 bits per heavy atom. The molecule has 2 aromatic rings. The summed E-state index contributed by atoms with van der Waals surface area (Å²) in [6.45, 7) is 2.14. The van der Waals surface area contributed by atoms with Crippen LogP contribution in [0.1, 0.15) is 19.0 Å². The van der Waals surface area contributed by atoms with Crippen molar-refractivity contribution in [2.45, 2.75) is 19.8 Å². The van der Waals surface area contributed by atoms with Crippen LogP contribution in [-0.2, 0) is 6.42 Å². The summed E-state index contributed by atoms with van der Waals surface area (Å²) in [5.41, 5.74) is 2.05. The summed E-state index contributed by atoms with van der Waals surface area (Å²) >= 11 is 11.4. The first-order chi connectivity index (χ1) is 7.72. The number of aromatic amines is 1. The van der Waals surface area contributed by atoms with Crippen LogP contribution in [0.4, 0.5) is 0 Å². The van der Waals surface area contributed by atoms with Crippen LogP contribution in [0.3, 0.4) is 0 Å². The zero-order chi connectivity index (χ0) is 11.5. The number of hydrogen-bond donors (Lipinski definition) is 1. The Morgan fingerprint density at radius 1 is 1.38 bits per heavy atom. The van der Waals surface area contributed by atoms with Gasteiger partial charge in [-0.2, -0.15) is 0 Å².